The molecular weight excluding hydrogens is 368 g/mol. The number of aromatic hydroxyl groups is 1. The summed E-state index contributed by atoms with van der Waals surface area (Å²) in [7, 11) is 1.62. The normalized spacial score (nSPS) is 16.4. The highest BCUT2D eigenvalue weighted by atomic mass is 16.5. The Balaban J connectivity index is 1.73. The molecule has 29 heavy (non-hydrogen) atoms. The van der Waals surface area contributed by atoms with Crippen LogP contribution in [0.5, 0.6) is 11.5 Å². The Morgan fingerprint density at radius 1 is 1.17 bits per heavy atom. The number of benzene rings is 2. The summed E-state index contributed by atoms with van der Waals surface area (Å²) in [5.74, 6) is 0.795. The number of amides is 1. The summed E-state index contributed by atoms with van der Waals surface area (Å²) in [5.41, 5.74) is 2.52. The van der Waals surface area contributed by atoms with Gasteiger partial charge in [-0.15, -0.1) is 0 Å². The van der Waals surface area contributed by atoms with E-state index in [0.717, 1.165) is 48.4 Å². The van der Waals surface area contributed by atoms with Crippen LogP contribution in [-0.4, -0.2) is 53.8 Å². The summed E-state index contributed by atoms with van der Waals surface area (Å²) in [4.78, 5) is 14.9. The third-order valence-electron chi connectivity index (χ3n) is 5.44. The fourth-order valence-electron chi connectivity index (χ4n) is 3.84. The lowest BCUT2D eigenvalue weighted by Gasteiger charge is -2.29. The number of rotatable bonds is 8. The lowest BCUT2D eigenvalue weighted by atomic mass is 9.99. The van der Waals surface area contributed by atoms with Gasteiger partial charge in [-0.05, 0) is 73.8 Å². The highest BCUT2D eigenvalue weighted by Gasteiger charge is 2.27. The predicted octanol–water partition coefficient (Wildman–Crippen LogP) is 2.57. The first-order chi connectivity index (χ1) is 14.0. The molecule has 0 spiro atoms. The molecular formula is C23H30N2O4. The van der Waals surface area contributed by atoms with Crippen LogP contribution >= 0.6 is 0 Å². The third-order valence-corrected chi connectivity index (χ3v) is 5.44. The molecule has 1 amide bonds. The van der Waals surface area contributed by atoms with E-state index >= 15 is 0 Å². The van der Waals surface area contributed by atoms with Crippen LogP contribution in [0.25, 0.3) is 0 Å². The van der Waals surface area contributed by atoms with Gasteiger partial charge in [-0.3, -0.25) is 4.79 Å². The Labute approximate surface area is 172 Å². The maximum Gasteiger partial charge on any atom is 0.224 e. The van der Waals surface area contributed by atoms with Gasteiger partial charge in [0.25, 0.3) is 0 Å². The number of nitrogens with one attached hydrogen (secondary N) is 1. The second-order valence-electron chi connectivity index (χ2n) is 7.70. The zero-order valence-corrected chi connectivity index (χ0v) is 17.1. The highest BCUT2D eigenvalue weighted by molar-refractivity contribution is 5.79. The van der Waals surface area contributed by atoms with Gasteiger partial charge in [0.15, 0.2) is 0 Å². The fourth-order valence-corrected chi connectivity index (χ4v) is 3.84. The number of nitrogens with zero attached hydrogens (tertiary/aromatic N) is 1. The molecule has 0 aliphatic carbocycles. The van der Waals surface area contributed by atoms with Crippen LogP contribution in [0.15, 0.2) is 42.5 Å². The minimum absolute atomic E-state index is 0.149. The van der Waals surface area contributed by atoms with E-state index in [1.54, 1.807) is 31.4 Å². The number of carbonyl (C=O) groups excluding carboxylic acids is 1. The first-order valence-corrected chi connectivity index (χ1v) is 10.1. The molecule has 1 fully saturated rings. The average molecular weight is 399 g/mol. The van der Waals surface area contributed by atoms with Crippen LogP contribution < -0.4 is 10.1 Å². The first kappa shape index (κ1) is 21.1. The zero-order valence-electron chi connectivity index (χ0n) is 17.1. The van der Waals surface area contributed by atoms with Crippen molar-refractivity contribution in [3.8, 4) is 11.5 Å². The van der Waals surface area contributed by atoms with E-state index in [4.69, 9.17) is 4.74 Å². The minimum Gasteiger partial charge on any atom is -0.508 e. The van der Waals surface area contributed by atoms with Crippen LogP contribution in [0.2, 0.25) is 0 Å². The van der Waals surface area contributed by atoms with Crippen molar-refractivity contribution < 1.29 is 19.7 Å². The van der Waals surface area contributed by atoms with Crippen molar-refractivity contribution in [3.05, 3.63) is 59.2 Å². The van der Waals surface area contributed by atoms with Gasteiger partial charge in [-0.1, -0.05) is 18.2 Å². The molecule has 2 atom stereocenters. The molecule has 0 radical (unpaired) electrons. The van der Waals surface area contributed by atoms with Gasteiger partial charge in [-0.2, -0.15) is 0 Å². The molecule has 6 nitrogen and oxygen atoms in total. The van der Waals surface area contributed by atoms with E-state index in [0.29, 0.717) is 6.54 Å². The molecule has 1 saturated heterocycles. The number of hydrogen-bond acceptors (Lipinski definition) is 5. The summed E-state index contributed by atoms with van der Waals surface area (Å²) in [6.07, 6.45) is 1.67. The highest BCUT2D eigenvalue weighted by Crippen LogP contribution is 2.25. The Hall–Kier alpha value is -2.57. The lowest BCUT2D eigenvalue weighted by molar-refractivity contribution is -0.122. The quantitative estimate of drug-likeness (QED) is 0.637. The molecule has 1 heterocycles. The number of aryl methyl sites for hydroxylation is 1. The number of phenols is 1. The molecule has 0 saturated carbocycles. The first-order valence-electron chi connectivity index (χ1n) is 10.1. The summed E-state index contributed by atoms with van der Waals surface area (Å²) >= 11 is 0. The molecule has 1 aliphatic heterocycles. The number of phenolic OH excluding ortho intramolecular Hbond substituents is 1. The largest absolute Gasteiger partial charge is 0.508 e. The van der Waals surface area contributed by atoms with E-state index in [9.17, 15) is 15.0 Å². The number of ether oxygens (including phenoxy) is 1. The zero-order chi connectivity index (χ0) is 20.8. The smallest absolute Gasteiger partial charge is 0.224 e. The molecule has 0 aromatic heterocycles. The second kappa shape index (κ2) is 9.76. The van der Waals surface area contributed by atoms with Gasteiger partial charge < -0.3 is 25.2 Å². The van der Waals surface area contributed by atoms with E-state index < -0.39 is 12.1 Å². The molecule has 156 valence electrons. The van der Waals surface area contributed by atoms with Gasteiger partial charge in [0.1, 0.15) is 17.6 Å². The Kier molecular flexibility index (Phi) is 7.12. The SMILES string of the molecule is COc1ccc([C@@H](O)[C@@H](CN2CCCC2)NC(=O)Cc2ccc(O)cc2)cc1C. The maximum absolute atomic E-state index is 12.7. The van der Waals surface area contributed by atoms with Crippen molar-refractivity contribution in [1.29, 1.82) is 0 Å². The van der Waals surface area contributed by atoms with Gasteiger partial charge in [0.2, 0.25) is 5.91 Å². The topological polar surface area (TPSA) is 82.0 Å². The van der Waals surface area contributed by atoms with Gasteiger partial charge in [0, 0.05) is 6.54 Å². The molecule has 6 heteroatoms. The Morgan fingerprint density at radius 2 is 1.86 bits per heavy atom. The number of methoxy groups -OCH3 is 1. The van der Waals surface area contributed by atoms with Crippen LogP contribution in [-0.2, 0) is 11.2 Å². The molecule has 2 aromatic carbocycles. The van der Waals surface area contributed by atoms with E-state index in [-0.39, 0.29) is 18.1 Å². The van der Waals surface area contributed by atoms with E-state index in [2.05, 4.69) is 10.2 Å². The van der Waals surface area contributed by atoms with Crippen molar-refractivity contribution >= 4 is 5.91 Å². The summed E-state index contributed by atoms with van der Waals surface area (Å²) in [5, 5.41) is 23.5. The molecule has 0 unspecified atom stereocenters. The predicted molar refractivity (Wildman–Crippen MR) is 112 cm³/mol. The number of carbonyl (C=O) groups is 1. The molecule has 1 aliphatic rings. The molecule has 2 aromatic rings. The monoisotopic (exact) mass is 398 g/mol. The van der Waals surface area contributed by atoms with Crippen molar-refractivity contribution in [3.63, 3.8) is 0 Å². The average Bonchev–Trinajstić information content (AvgIpc) is 3.22. The number of aliphatic hydroxyl groups excluding tert-OH is 1. The number of aliphatic hydroxyl groups is 1. The number of hydrogen-bond donors (Lipinski definition) is 3. The van der Waals surface area contributed by atoms with Gasteiger partial charge in [-0.25, -0.2) is 0 Å². The van der Waals surface area contributed by atoms with Crippen LogP contribution in [0.1, 0.15) is 35.6 Å². The lowest BCUT2D eigenvalue weighted by Crippen LogP contribution is -2.47. The van der Waals surface area contributed by atoms with Crippen molar-refractivity contribution in [1.82, 2.24) is 10.2 Å². The van der Waals surface area contributed by atoms with E-state index in [1.165, 1.54) is 0 Å². The Morgan fingerprint density at radius 3 is 2.48 bits per heavy atom. The molecule has 3 rings (SSSR count). The van der Waals surface area contributed by atoms with Crippen LogP contribution in [0, 0.1) is 6.92 Å². The summed E-state index contributed by atoms with van der Waals surface area (Å²) in [6.45, 7) is 4.51. The minimum atomic E-state index is -0.816. The van der Waals surface area contributed by atoms with Crippen molar-refractivity contribution in [2.24, 2.45) is 0 Å². The van der Waals surface area contributed by atoms with Crippen molar-refractivity contribution in [2.75, 3.05) is 26.7 Å². The third kappa shape index (κ3) is 5.71. The number of likely N-dealkylation sites (tertiary alicyclic amines) is 1. The fraction of sp³-hybridized carbons (Fsp3) is 0.435. The van der Waals surface area contributed by atoms with Crippen LogP contribution in [0.3, 0.4) is 0 Å². The van der Waals surface area contributed by atoms with Gasteiger partial charge >= 0.3 is 0 Å². The summed E-state index contributed by atoms with van der Waals surface area (Å²) < 4.78 is 5.31. The second-order valence-corrected chi connectivity index (χ2v) is 7.70. The molecule has 0 bridgehead atoms. The van der Waals surface area contributed by atoms with E-state index in [1.807, 2.05) is 25.1 Å². The van der Waals surface area contributed by atoms with Crippen LogP contribution in [0.4, 0.5) is 0 Å². The van der Waals surface area contributed by atoms with Crippen molar-refractivity contribution in [2.45, 2.75) is 38.3 Å². The Bertz CT molecular complexity index is 816. The standard InChI is InChI=1S/C23H30N2O4/c1-16-13-18(7-10-21(16)29-2)23(28)20(15-25-11-3-4-12-25)24-22(27)14-17-5-8-19(26)9-6-17/h5-10,13,20,23,26,28H,3-4,11-12,14-15H2,1-2H3,(H,24,27)/t20-,23-/m1/s1. The van der Waals surface area contributed by atoms with Gasteiger partial charge in [0.05, 0.1) is 19.6 Å². The maximum atomic E-state index is 12.7. The summed E-state index contributed by atoms with van der Waals surface area (Å²) in [6, 6.07) is 11.8. The molecule has 3 N–H and O–H groups in total.